The minimum Gasteiger partial charge on any atom is -0.345 e. The van der Waals surface area contributed by atoms with Gasteiger partial charge in [0.25, 0.3) is 5.91 Å². The van der Waals surface area contributed by atoms with Gasteiger partial charge in [-0.2, -0.15) is 9.40 Å². The lowest BCUT2D eigenvalue weighted by molar-refractivity contribution is 0.101. The first kappa shape index (κ1) is 22.8. The summed E-state index contributed by atoms with van der Waals surface area (Å²) in [5, 5.41) is 7.15. The Balaban J connectivity index is 1.79. The average molecular weight is 444 g/mol. The maximum absolute atomic E-state index is 12.9. The molecule has 0 aliphatic rings. The summed E-state index contributed by atoms with van der Waals surface area (Å²) in [4.78, 5) is 13.0. The SMILES string of the molecule is CCc1ccc(Cn2nccc2NC(=O)c2cc(S(=O)(=O)N(CC)CC)cn2C)cc1. The van der Waals surface area contributed by atoms with Gasteiger partial charge in [-0.3, -0.25) is 4.79 Å². The van der Waals surface area contributed by atoms with E-state index in [0.717, 1.165) is 12.0 Å². The van der Waals surface area contributed by atoms with Gasteiger partial charge in [-0.25, -0.2) is 13.1 Å². The number of amides is 1. The van der Waals surface area contributed by atoms with E-state index in [-0.39, 0.29) is 10.6 Å². The van der Waals surface area contributed by atoms with Gasteiger partial charge < -0.3 is 9.88 Å². The number of anilines is 1. The van der Waals surface area contributed by atoms with Gasteiger partial charge in [0, 0.05) is 32.4 Å². The Hall–Kier alpha value is -2.91. The Bertz CT molecular complexity index is 1140. The monoisotopic (exact) mass is 443 g/mol. The molecular weight excluding hydrogens is 414 g/mol. The Kier molecular flexibility index (Phi) is 6.97. The predicted molar refractivity (Wildman–Crippen MR) is 121 cm³/mol. The number of carbonyl (C=O) groups is 1. The molecule has 9 heteroatoms. The van der Waals surface area contributed by atoms with Crippen LogP contribution in [0.2, 0.25) is 0 Å². The van der Waals surface area contributed by atoms with Crippen molar-refractivity contribution in [1.29, 1.82) is 0 Å². The highest BCUT2D eigenvalue weighted by Gasteiger charge is 2.25. The molecule has 166 valence electrons. The highest BCUT2D eigenvalue weighted by molar-refractivity contribution is 7.89. The number of aromatic nitrogens is 3. The third kappa shape index (κ3) is 4.88. The zero-order valence-corrected chi connectivity index (χ0v) is 19.2. The standard InChI is InChI=1S/C22H29N5O3S/c1-5-17-8-10-18(11-9-17)15-27-21(12-13-23-27)24-22(28)20-14-19(16-25(20)4)31(29,30)26(6-2)7-3/h8-14,16H,5-7,15H2,1-4H3,(H,24,28). The van der Waals surface area contributed by atoms with Crippen LogP contribution in [-0.2, 0) is 30.0 Å². The number of hydrogen-bond acceptors (Lipinski definition) is 4. The molecule has 0 atom stereocenters. The van der Waals surface area contributed by atoms with E-state index in [1.807, 2.05) is 12.1 Å². The smallest absolute Gasteiger partial charge is 0.273 e. The molecule has 31 heavy (non-hydrogen) atoms. The summed E-state index contributed by atoms with van der Waals surface area (Å²) in [5.41, 5.74) is 2.59. The zero-order valence-electron chi connectivity index (χ0n) is 18.4. The molecule has 1 N–H and O–H groups in total. The summed E-state index contributed by atoms with van der Waals surface area (Å²) < 4.78 is 30.1. The van der Waals surface area contributed by atoms with E-state index in [1.54, 1.807) is 37.8 Å². The minimum atomic E-state index is -3.64. The van der Waals surface area contributed by atoms with Gasteiger partial charge in [0.1, 0.15) is 16.4 Å². The van der Waals surface area contributed by atoms with Crippen LogP contribution >= 0.6 is 0 Å². The van der Waals surface area contributed by atoms with Crippen LogP contribution in [0.3, 0.4) is 0 Å². The topological polar surface area (TPSA) is 89.2 Å². The zero-order chi connectivity index (χ0) is 22.6. The molecule has 2 heterocycles. The van der Waals surface area contributed by atoms with Crippen LogP contribution in [0, 0.1) is 0 Å². The molecule has 3 rings (SSSR count). The molecule has 0 aliphatic carbocycles. The number of nitrogens with zero attached hydrogens (tertiary/aromatic N) is 4. The van der Waals surface area contributed by atoms with Crippen molar-refractivity contribution < 1.29 is 13.2 Å². The van der Waals surface area contributed by atoms with Crippen LogP contribution in [0.4, 0.5) is 5.82 Å². The fourth-order valence-corrected chi connectivity index (χ4v) is 4.94. The maximum atomic E-state index is 12.9. The van der Waals surface area contributed by atoms with Gasteiger partial charge in [0.05, 0.1) is 12.7 Å². The van der Waals surface area contributed by atoms with E-state index in [1.165, 1.54) is 26.7 Å². The van der Waals surface area contributed by atoms with E-state index in [9.17, 15) is 13.2 Å². The van der Waals surface area contributed by atoms with Crippen molar-refractivity contribution in [2.45, 2.75) is 38.6 Å². The van der Waals surface area contributed by atoms with Crippen molar-refractivity contribution in [2.24, 2.45) is 7.05 Å². The van der Waals surface area contributed by atoms with E-state index in [0.29, 0.717) is 25.5 Å². The minimum absolute atomic E-state index is 0.105. The molecule has 0 fully saturated rings. The van der Waals surface area contributed by atoms with Gasteiger partial charge in [-0.15, -0.1) is 0 Å². The van der Waals surface area contributed by atoms with Crippen molar-refractivity contribution in [3.8, 4) is 0 Å². The summed E-state index contributed by atoms with van der Waals surface area (Å²) in [7, 11) is -1.98. The van der Waals surface area contributed by atoms with Crippen LogP contribution in [-0.4, -0.2) is 46.1 Å². The van der Waals surface area contributed by atoms with Gasteiger partial charge in [-0.05, 0) is 23.6 Å². The van der Waals surface area contributed by atoms with Crippen molar-refractivity contribution in [3.63, 3.8) is 0 Å². The van der Waals surface area contributed by atoms with Crippen LogP contribution in [0.1, 0.15) is 42.4 Å². The van der Waals surface area contributed by atoms with Crippen molar-refractivity contribution in [1.82, 2.24) is 18.7 Å². The van der Waals surface area contributed by atoms with Gasteiger partial charge in [0.2, 0.25) is 10.0 Å². The molecule has 8 nitrogen and oxygen atoms in total. The normalized spacial score (nSPS) is 11.8. The Labute approximate surface area is 183 Å². The molecule has 0 unspecified atom stereocenters. The fraction of sp³-hybridized carbons (Fsp3) is 0.364. The second-order valence-electron chi connectivity index (χ2n) is 7.26. The van der Waals surface area contributed by atoms with E-state index in [4.69, 9.17) is 0 Å². The second-order valence-corrected chi connectivity index (χ2v) is 9.20. The van der Waals surface area contributed by atoms with E-state index in [2.05, 4.69) is 29.5 Å². The molecule has 0 saturated heterocycles. The third-order valence-corrected chi connectivity index (χ3v) is 7.29. The number of aryl methyl sites for hydroxylation is 2. The van der Waals surface area contributed by atoms with Gasteiger partial charge >= 0.3 is 0 Å². The number of carbonyl (C=O) groups excluding carboxylic acids is 1. The quantitative estimate of drug-likeness (QED) is 0.550. The highest BCUT2D eigenvalue weighted by atomic mass is 32.2. The summed E-state index contributed by atoms with van der Waals surface area (Å²) >= 11 is 0. The third-order valence-electron chi connectivity index (χ3n) is 5.28. The van der Waals surface area contributed by atoms with Gasteiger partial charge in [0.15, 0.2) is 0 Å². The lowest BCUT2D eigenvalue weighted by Gasteiger charge is -2.17. The maximum Gasteiger partial charge on any atom is 0.273 e. The number of benzene rings is 1. The molecule has 0 bridgehead atoms. The lowest BCUT2D eigenvalue weighted by atomic mass is 10.1. The number of rotatable bonds is 9. The fourth-order valence-electron chi connectivity index (χ4n) is 3.41. The van der Waals surface area contributed by atoms with Gasteiger partial charge in [-0.1, -0.05) is 45.0 Å². The predicted octanol–water partition coefficient (Wildman–Crippen LogP) is 3.12. The van der Waals surface area contributed by atoms with E-state index < -0.39 is 15.9 Å². The molecule has 1 aromatic carbocycles. The Morgan fingerprint density at radius 2 is 1.71 bits per heavy atom. The number of nitrogens with one attached hydrogen (secondary N) is 1. The first-order chi connectivity index (χ1) is 14.8. The summed E-state index contributed by atoms with van der Waals surface area (Å²) in [6.45, 7) is 6.93. The van der Waals surface area contributed by atoms with Crippen molar-refractivity contribution in [3.05, 3.63) is 65.6 Å². The Morgan fingerprint density at radius 1 is 1.06 bits per heavy atom. The lowest BCUT2D eigenvalue weighted by Crippen LogP contribution is -2.30. The molecular formula is C22H29N5O3S. The molecule has 0 spiro atoms. The Morgan fingerprint density at radius 3 is 2.32 bits per heavy atom. The summed E-state index contributed by atoms with van der Waals surface area (Å²) in [6, 6.07) is 11.4. The first-order valence-electron chi connectivity index (χ1n) is 10.4. The molecule has 1 amide bonds. The van der Waals surface area contributed by atoms with Crippen molar-refractivity contribution in [2.75, 3.05) is 18.4 Å². The first-order valence-corrected chi connectivity index (χ1v) is 11.8. The molecule has 3 aromatic rings. The van der Waals surface area contributed by atoms with Crippen molar-refractivity contribution >= 4 is 21.7 Å². The number of hydrogen-bond donors (Lipinski definition) is 1. The molecule has 0 radical (unpaired) electrons. The summed E-state index contributed by atoms with van der Waals surface area (Å²) in [6.07, 6.45) is 4.07. The highest BCUT2D eigenvalue weighted by Crippen LogP contribution is 2.20. The molecule has 0 saturated carbocycles. The van der Waals surface area contributed by atoms with Crippen LogP contribution in [0.5, 0.6) is 0 Å². The molecule has 0 aliphatic heterocycles. The summed E-state index contributed by atoms with van der Waals surface area (Å²) in [5.74, 6) is 0.144. The second kappa shape index (κ2) is 9.49. The van der Waals surface area contributed by atoms with Crippen LogP contribution in [0.25, 0.3) is 0 Å². The average Bonchev–Trinajstić information content (AvgIpc) is 3.36. The number of sulfonamides is 1. The van der Waals surface area contributed by atoms with E-state index >= 15 is 0 Å². The largest absolute Gasteiger partial charge is 0.345 e. The molecule has 2 aromatic heterocycles. The van der Waals surface area contributed by atoms with Crippen LogP contribution in [0.15, 0.2) is 53.7 Å². The van der Waals surface area contributed by atoms with Crippen LogP contribution < -0.4 is 5.32 Å².